The maximum absolute atomic E-state index is 14.1. The number of alkyl halides is 1. The number of rotatable bonds is 3. The van der Waals surface area contributed by atoms with Crippen molar-refractivity contribution in [2.24, 2.45) is 5.92 Å². The minimum Gasteiger partial charge on any atom is -0.316 e. The van der Waals surface area contributed by atoms with Gasteiger partial charge in [0, 0.05) is 23.9 Å². The van der Waals surface area contributed by atoms with E-state index in [0.717, 1.165) is 25.9 Å². The molecule has 17 heavy (non-hydrogen) atoms. The third-order valence-corrected chi connectivity index (χ3v) is 3.63. The zero-order valence-corrected chi connectivity index (χ0v) is 10.3. The van der Waals surface area contributed by atoms with E-state index in [4.69, 9.17) is 11.6 Å². The van der Waals surface area contributed by atoms with Gasteiger partial charge in [0.1, 0.15) is 12.0 Å². The Labute approximate surface area is 105 Å². The molecule has 1 aliphatic rings. The largest absolute Gasteiger partial charge is 0.316 e. The zero-order valence-electron chi connectivity index (χ0n) is 9.56. The quantitative estimate of drug-likeness (QED) is 0.878. The SMILES string of the molecule is Fc1ccc(CC(F)C2CCCNC2)c(Cl)c1. The third kappa shape index (κ3) is 3.39. The molecule has 2 unspecified atom stereocenters. The highest BCUT2D eigenvalue weighted by Gasteiger charge is 2.23. The Kier molecular flexibility index (Phi) is 4.35. The van der Waals surface area contributed by atoms with Crippen LogP contribution in [0.25, 0.3) is 0 Å². The first-order valence-corrected chi connectivity index (χ1v) is 6.33. The molecule has 1 fully saturated rings. The average molecular weight is 260 g/mol. The molecule has 1 aromatic rings. The fourth-order valence-electron chi connectivity index (χ4n) is 2.25. The van der Waals surface area contributed by atoms with Crippen LogP contribution in [0.3, 0.4) is 0 Å². The number of hydrogen-bond acceptors (Lipinski definition) is 1. The highest BCUT2D eigenvalue weighted by molar-refractivity contribution is 6.31. The molecule has 0 aliphatic carbocycles. The van der Waals surface area contributed by atoms with Crippen LogP contribution in [0.15, 0.2) is 18.2 Å². The van der Waals surface area contributed by atoms with E-state index in [1.807, 2.05) is 0 Å². The molecule has 4 heteroatoms. The number of nitrogens with one attached hydrogen (secondary N) is 1. The molecule has 94 valence electrons. The summed E-state index contributed by atoms with van der Waals surface area (Å²) in [5.41, 5.74) is 0.686. The van der Waals surface area contributed by atoms with Crippen LogP contribution in [0.1, 0.15) is 18.4 Å². The van der Waals surface area contributed by atoms with Crippen LogP contribution in [0.5, 0.6) is 0 Å². The molecule has 2 atom stereocenters. The monoisotopic (exact) mass is 259 g/mol. The van der Waals surface area contributed by atoms with Crippen molar-refractivity contribution in [3.63, 3.8) is 0 Å². The molecule has 1 N–H and O–H groups in total. The lowest BCUT2D eigenvalue weighted by Gasteiger charge is -2.26. The molecule has 1 aromatic carbocycles. The molecular formula is C13H16ClF2N. The predicted molar refractivity (Wildman–Crippen MR) is 65.6 cm³/mol. The minimum atomic E-state index is -0.911. The first kappa shape index (κ1) is 12.8. The Morgan fingerprint density at radius 1 is 1.47 bits per heavy atom. The molecule has 1 heterocycles. The molecule has 0 spiro atoms. The summed E-state index contributed by atoms with van der Waals surface area (Å²) in [5.74, 6) is -0.335. The van der Waals surface area contributed by atoms with Crippen LogP contribution >= 0.6 is 11.6 Å². The van der Waals surface area contributed by atoms with Gasteiger partial charge in [-0.3, -0.25) is 0 Å². The fraction of sp³-hybridized carbons (Fsp3) is 0.538. The molecule has 1 nitrogen and oxygen atoms in total. The van der Waals surface area contributed by atoms with Crippen molar-refractivity contribution in [3.8, 4) is 0 Å². The van der Waals surface area contributed by atoms with Gasteiger partial charge >= 0.3 is 0 Å². The van der Waals surface area contributed by atoms with Gasteiger partial charge in [-0.15, -0.1) is 0 Å². The summed E-state index contributed by atoms with van der Waals surface area (Å²) in [5, 5.41) is 3.51. The molecule has 0 bridgehead atoms. The van der Waals surface area contributed by atoms with Gasteiger partial charge in [-0.2, -0.15) is 0 Å². The van der Waals surface area contributed by atoms with Crippen molar-refractivity contribution in [1.82, 2.24) is 5.32 Å². The molecule has 1 saturated heterocycles. The van der Waals surface area contributed by atoms with Gasteiger partial charge in [-0.05, 0) is 37.1 Å². The first-order valence-electron chi connectivity index (χ1n) is 5.95. The van der Waals surface area contributed by atoms with E-state index in [1.54, 1.807) is 6.07 Å². The lowest BCUT2D eigenvalue weighted by Crippen LogP contribution is -2.35. The summed E-state index contributed by atoms with van der Waals surface area (Å²) in [7, 11) is 0. The van der Waals surface area contributed by atoms with Crippen LogP contribution < -0.4 is 5.32 Å². The first-order chi connectivity index (χ1) is 8.16. The second-order valence-electron chi connectivity index (χ2n) is 4.56. The van der Waals surface area contributed by atoms with Crippen LogP contribution in [-0.4, -0.2) is 19.3 Å². The Hall–Kier alpha value is -0.670. The lowest BCUT2D eigenvalue weighted by atomic mass is 9.91. The Morgan fingerprint density at radius 2 is 2.29 bits per heavy atom. The van der Waals surface area contributed by atoms with Crippen LogP contribution in [-0.2, 0) is 6.42 Å². The summed E-state index contributed by atoms with van der Waals surface area (Å²) >= 11 is 5.89. The fourth-order valence-corrected chi connectivity index (χ4v) is 2.50. The molecule has 0 amide bonds. The number of hydrogen-bond donors (Lipinski definition) is 1. The standard InChI is InChI=1S/C13H16ClF2N/c14-12-7-11(15)4-3-9(12)6-13(16)10-2-1-5-17-8-10/h3-4,7,10,13,17H,1-2,5-6,8H2. The van der Waals surface area contributed by atoms with Gasteiger partial charge in [0.2, 0.25) is 0 Å². The normalized spacial score (nSPS) is 22.4. The van der Waals surface area contributed by atoms with Crippen LogP contribution in [0, 0.1) is 11.7 Å². The molecule has 0 radical (unpaired) electrons. The lowest BCUT2D eigenvalue weighted by molar-refractivity contribution is 0.191. The molecule has 2 rings (SSSR count). The predicted octanol–water partition coefficient (Wildman–Crippen LogP) is 3.36. The summed E-state index contributed by atoms with van der Waals surface area (Å²) < 4.78 is 26.9. The summed E-state index contributed by atoms with van der Waals surface area (Å²) in [6.07, 6.45) is 1.28. The molecule has 1 aliphatic heterocycles. The topological polar surface area (TPSA) is 12.0 Å². The maximum Gasteiger partial charge on any atom is 0.124 e. The Morgan fingerprint density at radius 3 is 2.94 bits per heavy atom. The van der Waals surface area contributed by atoms with Crippen LogP contribution in [0.4, 0.5) is 8.78 Å². The maximum atomic E-state index is 14.1. The summed E-state index contributed by atoms with van der Waals surface area (Å²) in [6.45, 7) is 1.69. The van der Waals surface area contributed by atoms with E-state index < -0.39 is 6.17 Å². The van der Waals surface area contributed by atoms with Crippen molar-refractivity contribution >= 4 is 11.6 Å². The zero-order chi connectivity index (χ0) is 12.3. The van der Waals surface area contributed by atoms with Gasteiger partial charge in [0.15, 0.2) is 0 Å². The van der Waals surface area contributed by atoms with E-state index in [1.165, 1.54) is 12.1 Å². The van der Waals surface area contributed by atoms with Gasteiger partial charge in [-0.25, -0.2) is 8.78 Å². The van der Waals surface area contributed by atoms with Gasteiger partial charge in [-0.1, -0.05) is 17.7 Å². The van der Waals surface area contributed by atoms with E-state index in [9.17, 15) is 8.78 Å². The van der Waals surface area contributed by atoms with E-state index in [2.05, 4.69) is 5.32 Å². The molecular weight excluding hydrogens is 244 g/mol. The molecule has 0 aromatic heterocycles. The van der Waals surface area contributed by atoms with Gasteiger partial charge < -0.3 is 5.32 Å². The van der Waals surface area contributed by atoms with Crippen molar-refractivity contribution in [2.45, 2.75) is 25.4 Å². The van der Waals surface area contributed by atoms with Gasteiger partial charge in [0.05, 0.1) is 0 Å². The average Bonchev–Trinajstić information content (AvgIpc) is 2.34. The summed E-state index contributed by atoms with van der Waals surface area (Å²) in [4.78, 5) is 0. The minimum absolute atomic E-state index is 0.0462. The number of piperidine rings is 1. The highest BCUT2D eigenvalue weighted by Crippen LogP contribution is 2.24. The molecule has 0 saturated carbocycles. The number of halogens is 3. The van der Waals surface area contributed by atoms with Crippen molar-refractivity contribution in [3.05, 3.63) is 34.6 Å². The van der Waals surface area contributed by atoms with Crippen molar-refractivity contribution in [2.75, 3.05) is 13.1 Å². The van der Waals surface area contributed by atoms with E-state index >= 15 is 0 Å². The Bertz CT molecular complexity index is 378. The third-order valence-electron chi connectivity index (χ3n) is 3.28. The van der Waals surface area contributed by atoms with Crippen molar-refractivity contribution < 1.29 is 8.78 Å². The van der Waals surface area contributed by atoms with E-state index in [0.29, 0.717) is 10.6 Å². The Balaban J connectivity index is 1.99. The van der Waals surface area contributed by atoms with Gasteiger partial charge in [0.25, 0.3) is 0 Å². The second-order valence-corrected chi connectivity index (χ2v) is 4.97. The summed E-state index contributed by atoms with van der Waals surface area (Å²) in [6, 6.07) is 4.14. The van der Waals surface area contributed by atoms with Crippen LogP contribution in [0.2, 0.25) is 5.02 Å². The highest BCUT2D eigenvalue weighted by atomic mass is 35.5. The smallest absolute Gasteiger partial charge is 0.124 e. The number of benzene rings is 1. The second kappa shape index (κ2) is 5.78. The van der Waals surface area contributed by atoms with E-state index in [-0.39, 0.29) is 18.2 Å². The van der Waals surface area contributed by atoms with Crippen molar-refractivity contribution in [1.29, 1.82) is 0 Å².